The van der Waals surface area contributed by atoms with Crippen LogP contribution >= 0.6 is 0 Å². The molecule has 1 aromatic rings. The predicted molar refractivity (Wildman–Crippen MR) is 50.2 cm³/mol. The van der Waals surface area contributed by atoms with Crippen molar-refractivity contribution in [2.24, 2.45) is 5.41 Å². The van der Waals surface area contributed by atoms with Crippen molar-refractivity contribution in [3.63, 3.8) is 0 Å². The lowest BCUT2D eigenvalue weighted by molar-refractivity contribution is -0.135. The maximum atomic E-state index is 11.6. The van der Waals surface area contributed by atoms with Crippen LogP contribution in [0.2, 0.25) is 0 Å². The number of nitrogens with one attached hydrogen (secondary N) is 1. The van der Waals surface area contributed by atoms with Gasteiger partial charge in [-0.2, -0.15) is 0 Å². The number of carbonyl (C=O) groups excluding carboxylic acids is 1. The molecule has 0 spiro atoms. The lowest BCUT2D eigenvalue weighted by Gasteiger charge is -2.20. The van der Waals surface area contributed by atoms with Crippen LogP contribution in [0.25, 0.3) is 0 Å². The molecule has 0 aliphatic rings. The molecule has 1 unspecified atom stereocenters. The monoisotopic (exact) mass is 181 g/mol. The smallest absolute Gasteiger partial charge is 0.172 e. The number of aromatic amines is 1. The summed E-state index contributed by atoms with van der Waals surface area (Å²) in [6.07, 6.45) is 0.657. The van der Waals surface area contributed by atoms with Crippen LogP contribution in [0.3, 0.4) is 0 Å². The zero-order chi connectivity index (χ0) is 10.1. The van der Waals surface area contributed by atoms with Crippen molar-refractivity contribution in [1.29, 1.82) is 0 Å². The summed E-state index contributed by atoms with van der Waals surface area (Å²) < 4.78 is 0. The van der Waals surface area contributed by atoms with Crippen LogP contribution < -0.4 is 0 Å². The molecule has 0 aromatic carbocycles. The molecule has 0 saturated carbocycles. The largest absolute Gasteiger partial charge is 0.379 e. The third kappa shape index (κ3) is 2.18. The van der Waals surface area contributed by atoms with Gasteiger partial charge in [-0.05, 0) is 12.1 Å². The van der Waals surface area contributed by atoms with Crippen molar-refractivity contribution < 1.29 is 9.90 Å². The Hall–Kier alpha value is -1.09. The summed E-state index contributed by atoms with van der Waals surface area (Å²) >= 11 is 0. The average Bonchev–Trinajstić information content (AvgIpc) is 2.51. The van der Waals surface area contributed by atoms with E-state index < -0.39 is 11.5 Å². The molecule has 13 heavy (non-hydrogen) atoms. The molecule has 3 heteroatoms. The minimum atomic E-state index is -1.03. The summed E-state index contributed by atoms with van der Waals surface area (Å²) in [4.78, 5) is 14.4. The zero-order valence-electron chi connectivity index (χ0n) is 8.16. The van der Waals surface area contributed by atoms with Gasteiger partial charge in [-0.1, -0.05) is 20.8 Å². The van der Waals surface area contributed by atoms with Crippen LogP contribution in [-0.4, -0.2) is 15.9 Å². The molecular formula is C10H15NO2. The first kappa shape index (κ1) is 9.99. The molecule has 0 aliphatic carbocycles. The normalized spacial score (nSPS) is 14.2. The standard InChI is InChI=1S/C10H15NO2/c1-10(2,3)9(13)8(12)7-5-4-6-11-7/h4-6,8,11-12H,1-3H3. The van der Waals surface area contributed by atoms with E-state index in [1.807, 2.05) is 0 Å². The minimum Gasteiger partial charge on any atom is -0.379 e. The Bertz CT molecular complexity index is 282. The molecule has 3 nitrogen and oxygen atoms in total. The maximum absolute atomic E-state index is 11.6. The summed E-state index contributed by atoms with van der Waals surface area (Å²) in [6, 6.07) is 3.46. The Morgan fingerprint density at radius 1 is 1.54 bits per heavy atom. The van der Waals surface area contributed by atoms with Gasteiger partial charge in [0, 0.05) is 11.6 Å². The van der Waals surface area contributed by atoms with Gasteiger partial charge in [0.25, 0.3) is 0 Å². The van der Waals surface area contributed by atoms with E-state index in [9.17, 15) is 9.90 Å². The van der Waals surface area contributed by atoms with Crippen LogP contribution in [0.5, 0.6) is 0 Å². The van der Waals surface area contributed by atoms with Crippen LogP contribution in [-0.2, 0) is 4.79 Å². The highest BCUT2D eigenvalue weighted by Crippen LogP contribution is 2.24. The fraction of sp³-hybridized carbons (Fsp3) is 0.500. The molecule has 72 valence electrons. The number of aliphatic hydroxyl groups excluding tert-OH is 1. The quantitative estimate of drug-likeness (QED) is 0.729. The topological polar surface area (TPSA) is 53.1 Å². The summed E-state index contributed by atoms with van der Waals surface area (Å²) in [5.41, 5.74) is 0.0461. The van der Waals surface area contributed by atoms with E-state index in [-0.39, 0.29) is 5.78 Å². The fourth-order valence-corrected chi connectivity index (χ4v) is 1.07. The number of carbonyl (C=O) groups is 1. The molecule has 0 amide bonds. The third-order valence-corrected chi connectivity index (χ3v) is 1.90. The van der Waals surface area contributed by atoms with Crippen molar-refractivity contribution in [3.05, 3.63) is 24.0 Å². The fourth-order valence-electron chi connectivity index (χ4n) is 1.07. The predicted octanol–water partition coefficient (Wildman–Crippen LogP) is 1.66. The molecule has 0 aliphatic heterocycles. The van der Waals surface area contributed by atoms with Crippen molar-refractivity contribution in [3.8, 4) is 0 Å². The first-order valence-electron chi connectivity index (χ1n) is 4.28. The number of H-pyrrole nitrogens is 1. The van der Waals surface area contributed by atoms with Gasteiger partial charge >= 0.3 is 0 Å². The zero-order valence-corrected chi connectivity index (χ0v) is 8.16. The van der Waals surface area contributed by atoms with Crippen molar-refractivity contribution >= 4 is 5.78 Å². The average molecular weight is 181 g/mol. The Morgan fingerprint density at radius 3 is 2.54 bits per heavy atom. The highest BCUT2D eigenvalue weighted by Gasteiger charge is 2.29. The number of ketones is 1. The molecule has 0 saturated heterocycles. The van der Waals surface area contributed by atoms with E-state index in [2.05, 4.69) is 4.98 Å². The molecule has 1 heterocycles. The number of Topliss-reactive ketones (excluding diaryl/α,β-unsaturated/α-hetero) is 1. The summed E-state index contributed by atoms with van der Waals surface area (Å²) in [7, 11) is 0. The SMILES string of the molecule is CC(C)(C)C(=O)C(O)c1ccc[nH]1. The minimum absolute atomic E-state index is 0.171. The molecule has 0 fully saturated rings. The van der Waals surface area contributed by atoms with E-state index in [1.54, 1.807) is 39.1 Å². The number of aliphatic hydroxyl groups is 1. The van der Waals surface area contributed by atoms with Crippen LogP contribution in [0, 0.1) is 5.41 Å². The van der Waals surface area contributed by atoms with Gasteiger partial charge in [0.1, 0.15) is 0 Å². The van der Waals surface area contributed by atoms with Gasteiger partial charge in [-0.15, -0.1) is 0 Å². The summed E-state index contributed by atoms with van der Waals surface area (Å²) in [5.74, 6) is -0.171. The summed E-state index contributed by atoms with van der Waals surface area (Å²) in [6.45, 7) is 5.38. The number of hydrogen-bond donors (Lipinski definition) is 2. The molecule has 2 N–H and O–H groups in total. The molecule has 1 atom stereocenters. The second-order valence-electron chi connectivity index (χ2n) is 4.14. The number of hydrogen-bond acceptors (Lipinski definition) is 2. The molecule has 0 bridgehead atoms. The number of rotatable bonds is 2. The lowest BCUT2D eigenvalue weighted by atomic mass is 9.87. The summed E-state index contributed by atoms with van der Waals surface area (Å²) in [5, 5.41) is 9.63. The van der Waals surface area contributed by atoms with Gasteiger partial charge in [0.15, 0.2) is 11.9 Å². The molecule has 0 radical (unpaired) electrons. The van der Waals surface area contributed by atoms with Gasteiger partial charge in [-0.3, -0.25) is 4.79 Å². The third-order valence-electron chi connectivity index (χ3n) is 1.90. The Kier molecular flexibility index (Phi) is 2.57. The van der Waals surface area contributed by atoms with Crippen LogP contribution in [0.15, 0.2) is 18.3 Å². The van der Waals surface area contributed by atoms with E-state index in [1.165, 1.54) is 0 Å². The van der Waals surface area contributed by atoms with Gasteiger partial charge < -0.3 is 10.1 Å². The lowest BCUT2D eigenvalue weighted by Crippen LogP contribution is -2.26. The van der Waals surface area contributed by atoms with Crippen molar-refractivity contribution in [2.45, 2.75) is 26.9 Å². The van der Waals surface area contributed by atoms with E-state index in [0.717, 1.165) is 0 Å². The van der Waals surface area contributed by atoms with Crippen molar-refractivity contribution in [2.75, 3.05) is 0 Å². The first-order valence-corrected chi connectivity index (χ1v) is 4.28. The van der Waals surface area contributed by atoms with Gasteiger partial charge in [-0.25, -0.2) is 0 Å². The molecule has 1 aromatic heterocycles. The van der Waals surface area contributed by atoms with Crippen molar-refractivity contribution in [1.82, 2.24) is 4.98 Å². The Morgan fingerprint density at radius 2 is 2.15 bits per heavy atom. The van der Waals surface area contributed by atoms with E-state index >= 15 is 0 Å². The second-order valence-corrected chi connectivity index (χ2v) is 4.14. The highest BCUT2D eigenvalue weighted by molar-refractivity contribution is 5.88. The number of aromatic nitrogens is 1. The van der Waals surface area contributed by atoms with E-state index in [4.69, 9.17) is 0 Å². The Balaban J connectivity index is 2.81. The maximum Gasteiger partial charge on any atom is 0.172 e. The van der Waals surface area contributed by atoms with Crippen LogP contribution in [0.1, 0.15) is 32.6 Å². The Labute approximate surface area is 77.8 Å². The first-order chi connectivity index (χ1) is 5.93. The van der Waals surface area contributed by atoms with Gasteiger partial charge in [0.05, 0.1) is 5.69 Å². The highest BCUT2D eigenvalue weighted by atomic mass is 16.3. The second kappa shape index (κ2) is 3.34. The van der Waals surface area contributed by atoms with E-state index in [0.29, 0.717) is 5.69 Å². The van der Waals surface area contributed by atoms with Gasteiger partial charge in [0.2, 0.25) is 0 Å². The molecular weight excluding hydrogens is 166 g/mol. The molecule has 1 rings (SSSR count). The van der Waals surface area contributed by atoms with Crippen LogP contribution in [0.4, 0.5) is 0 Å².